The molecule has 0 heterocycles. The van der Waals surface area contributed by atoms with Crippen LogP contribution in [0.3, 0.4) is 0 Å². The number of ketones is 1. The molecule has 0 radical (unpaired) electrons. The van der Waals surface area contributed by atoms with E-state index in [9.17, 15) is 17.6 Å². The van der Waals surface area contributed by atoms with Crippen molar-refractivity contribution in [1.29, 1.82) is 0 Å². The molecule has 0 amide bonds. The summed E-state index contributed by atoms with van der Waals surface area (Å²) in [6.45, 7) is 0.210. The summed E-state index contributed by atoms with van der Waals surface area (Å²) in [5.41, 5.74) is 0.419. The molecular formula is C18H20FNO4S. The molecule has 0 unspecified atom stereocenters. The molecule has 0 aliphatic heterocycles. The highest BCUT2D eigenvalue weighted by atomic mass is 32.2. The monoisotopic (exact) mass is 365 g/mol. The molecule has 7 heteroatoms. The number of rotatable bonds is 8. The number of carbonyl (C=O) groups excluding carboxylic acids is 1. The molecule has 0 atom stereocenters. The van der Waals surface area contributed by atoms with Crippen molar-refractivity contribution in [2.75, 3.05) is 20.7 Å². The van der Waals surface area contributed by atoms with E-state index in [0.29, 0.717) is 17.7 Å². The first-order chi connectivity index (χ1) is 11.8. The average molecular weight is 365 g/mol. The molecule has 0 spiro atoms. The van der Waals surface area contributed by atoms with Crippen molar-refractivity contribution in [3.63, 3.8) is 0 Å². The quantitative estimate of drug-likeness (QED) is 0.674. The van der Waals surface area contributed by atoms with Gasteiger partial charge in [0.05, 0.1) is 12.0 Å². The predicted octanol–water partition coefficient (Wildman–Crippen LogP) is 3.12. The molecule has 0 fully saturated rings. The Morgan fingerprint density at radius 1 is 1.08 bits per heavy atom. The fourth-order valence-electron chi connectivity index (χ4n) is 2.29. The maximum absolute atomic E-state index is 12.9. The largest absolute Gasteiger partial charge is 0.497 e. The zero-order valence-corrected chi connectivity index (χ0v) is 14.9. The van der Waals surface area contributed by atoms with Crippen LogP contribution in [0.2, 0.25) is 0 Å². The number of methoxy groups -OCH3 is 1. The van der Waals surface area contributed by atoms with Crippen LogP contribution in [0, 0.1) is 5.82 Å². The van der Waals surface area contributed by atoms with E-state index in [-0.39, 0.29) is 23.6 Å². The van der Waals surface area contributed by atoms with Gasteiger partial charge in [-0.05, 0) is 55.0 Å². The third-order valence-corrected chi connectivity index (χ3v) is 5.68. The molecule has 2 aromatic carbocycles. The van der Waals surface area contributed by atoms with Crippen LogP contribution in [-0.2, 0) is 10.0 Å². The van der Waals surface area contributed by atoms with Gasteiger partial charge in [-0.1, -0.05) is 0 Å². The second-order valence-corrected chi connectivity index (χ2v) is 7.58. The number of carbonyl (C=O) groups is 1. The number of hydrogen-bond donors (Lipinski definition) is 0. The van der Waals surface area contributed by atoms with Crippen molar-refractivity contribution < 1.29 is 22.3 Å². The molecule has 134 valence electrons. The summed E-state index contributed by atoms with van der Waals surface area (Å²) < 4.78 is 44.0. The van der Waals surface area contributed by atoms with Crippen molar-refractivity contribution >= 4 is 15.8 Å². The lowest BCUT2D eigenvalue weighted by Crippen LogP contribution is -2.28. The van der Waals surface area contributed by atoms with Crippen molar-refractivity contribution in [3.05, 3.63) is 59.9 Å². The lowest BCUT2D eigenvalue weighted by molar-refractivity contribution is 0.0978. The number of benzene rings is 2. The van der Waals surface area contributed by atoms with Crippen LogP contribution in [0.15, 0.2) is 53.4 Å². The zero-order valence-electron chi connectivity index (χ0n) is 14.1. The Kier molecular flexibility index (Phi) is 6.27. The number of sulfonamides is 1. The first-order valence-electron chi connectivity index (χ1n) is 7.74. The molecule has 0 aliphatic rings. The molecule has 2 rings (SSSR count). The average Bonchev–Trinajstić information content (AvgIpc) is 2.62. The lowest BCUT2D eigenvalue weighted by Gasteiger charge is -2.17. The van der Waals surface area contributed by atoms with E-state index in [1.807, 2.05) is 0 Å². The van der Waals surface area contributed by atoms with Gasteiger partial charge < -0.3 is 4.74 Å². The highest BCUT2D eigenvalue weighted by Gasteiger charge is 2.20. The fraction of sp³-hybridized carbons (Fsp3) is 0.278. The highest BCUT2D eigenvalue weighted by Crippen LogP contribution is 2.19. The van der Waals surface area contributed by atoms with E-state index in [2.05, 4.69) is 0 Å². The molecule has 25 heavy (non-hydrogen) atoms. The van der Waals surface area contributed by atoms with Crippen molar-refractivity contribution in [2.24, 2.45) is 0 Å². The predicted molar refractivity (Wildman–Crippen MR) is 92.8 cm³/mol. The van der Waals surface area contributed by atoms with Gasteiger partial charge in [-0.25, -0.2) is 17.1 Å². The Hall–Kier alpha value is -2.25. The van der Waals surface area contributed by atoms with Gasteiger partial charge in [-0.2, -0.15) is 0 Å². The van der Waals surface area contributed by atoms with E-state index in [4.69, 9.17) is 4.74 Å². The van der Waals surface area contributed by atoms with Gasteiger partial charge in [-0.3, -0.25) is 4.79 Å². The number of ether oxygens (including phenoxy) is 1. The van der Waals surface area contributed by atoms with Crippen LogP contribution in [0.5, 0.6) is 5.75 Å². The third-order valence-electron chi connectivity index (χ3n) is 3.81. The summed E-state index contributed by atoms with van der Waals surface area (Å²) in [6, 6.07) is 11.4. The van der Waals surface area contributed by atoms with E-state index in [1.165, 1.54) is 54.9 Å². The molecule has 2 aromatic rings. The minimum atomic E-state index is -3.62. The number of hydrogen-bond acceptors (Lipinski definition) is 4. The molecular weight excluding hydrogens is 345 g/mol. The minimum Gasteiger partial charge on any atom is -0.497 e. The van der Waals surface area contributed by atoms with Gasteiger partial charge in [0.15, 0.2) is 5.78 Å². The van der Waals surface area contributed by atoms with Crippen molar-refractivity contribution in [1.82, 2.24) is 4.31 Å². The van der Waals surface area contributed by atoms with E-state index < -0.39 is 15.8 Å². The van der Waals surface area contributed by atoms with Gasteiger partial charge in [0, 0.05) is 25.6 Å². The Labute approximate surface area is 147 Å². The summed E-state index contributed by atoms with van der Waals surface area (Å²) in [6.07, 6.45) is 0.566. The first kappa shape index (κ1) is 19.1. The van der Waals surface area contributed by atoms with Crippen LogP contribution >= 0.6 is 0 Å². The van der Waals surface area contributed by atoms with Crippen molar-refractivity contribution in [2.45, 2.75) is 17.7 Å². The summed E-state index contributed by atoms with van der Waals surface area (Å²) in [5, 5.41) is 0. The summed E-state index contributed by atoms with van der Waals surface area (Å²) in [5.74, 6) is 0.0311. The molecule has 0 aromatic heterocycles. The lowest BCUT2D eigenvalue weighted by atomic mass is 10.1. The van der Waals surface area contributed by atoms with Gasteiger partial charge in [0.2, 0.25) is 10.0 Å². The first-order valence-corrected chi connectivity index (χ1v) is 9.18. The van der Waals surface area contributed by atoms with E-state index in [1.54, 1.807) is 12.1 Å². The molecule has 0 aliphatic carbocycles. The van der Waals surface area contributed by atoms with Gasteiger partial charge in [-0.15, -0.1) is 0 Å². The van der Waals surface area contributed by atoms with Gasteiger partial charge >= 0.3 is 0 Å². The standard InChI is InChI=1S/C18H20FNO4S/c1-20(25(22,23)17-11-9-16(24-2)10-12-17)13-3-4-18(21)14-5-7-15(19)8-6-14/h5-12H,3-4,13H2,1-2H3. The smallest absolute Gasteiger partial charge is 0.242 e. The summed E-state index contributed by atoms with van der Waals surface area (Å²) >= 11 is 0. The Bertz CT molecular complexity index is 817. The molecule has 5 nitrogen and oxygen atoms in total. The normalized spacial score (nSPS) is 11.5. The number of Topliss-reactive ketones (excluding diaryl/α,β-unsaturated/α-hetero) is 1. The van der Waals surface area contributed by atoms with Crippen molar-refractivity contribution in [3.8, 4) is 5.75 Å². The topological polar surface area (TPSA) is 63.7 Å². The molecule has 0 saturated carbocycles. The number of halogens is 1. The second-order valence-electron chi connectivity index (χ2n) is 5.54. The van der Waals surface area contributed by atoms with Crippen LogP contribution in [0.1, 0.15) is 23.2 Å². The van der Waals surface area contributed by atoms with Gasteiger partial charge in [0.25, 0.3) is 0 Å². The maximum atomic E-state index is 12.9. The van der Waals surface area contributed by atoms with E-state index >= 15 is 0 Å². The van der Waals surface area contributed by atoms with Gasteiger partial charge in [0.1, 0.15) is 11.6 Å². The fourth-order valence-corrected chi connectivity index (χ4v) is 3.50. The maximum Gasteiger partial charge on any atom is 0.242 e. The zero-order chi connectivity index (χ0) is 18.4. The van der Waals surface area contributed by atoms with E-state index in [0.717, 1.165) is 0 Å². The Morgan fingerprint density at radius 2 is 1.68 bits per heavy atom. The summed E-state index contributed by atoms with van der Waals surface area (Å²) in [7, 11) is -0.633. The Morgan fingerprint density at radius 3 is 2.24 bits per heavy atom. The molecule has 0 N–H and O–H groups in total. The number of nitrogens with zero attached hydrogens (tertiary/aromatic N) is 1. The highest BCUT2D eigenvalue weighted by molar-refractivity contribution is 7.89. The molecule has 0 bridgehead atoms. The third kappa shape index (κ3) is 4.87. The summed E-state index contributed by atoms with van der Waals surface area (Å²) in [4.78, 5) is 12.2. The molecule has 0 saturated heterocycles. The second kappa shape index (κ2) is 8.22. The van der Waals surface area contributed by atoms with Crippen LogP contribution in [0.4, 0.5) is 4.39 Å². The Balaban J connectivity index is 1.93. The van der Waals surface area contributed by atoms with Crippen LogP contribution in [0.25, 0.3) is 0 Å². The SMILES string of the molecule is COc1ccc(S(=O)(=O)N(C)CCCC(=O)c2ccc(F)cc2)cc1. The van der Waals surface area contributed by atoms with Crippen LogP contribution in [-0.4, -0.2) is 39.2 Å². The minimum absolute atomic E-state index is 0.143. The van der Waals surface area contributed by atoms with Crippen LogP contribution < -0.4 is 4.74 Å².